The van der Waals surface area contributed by atoms with Crippen LogP contribution < -0.4 is 0 Å². The zero-order valence-electron chi connectivity index (χ0n) is 8.95. The van der Waals surface area contributed by atoms with Gasteiger partial charge in [0.15, 0.2) is 0 Å². The van der Waals surface area contributed by atoms with E-state index >= 15 is 0 Å². The van der Waals surface area contributed by atoms with Crippen LogP contribution in [0.5, 0.6) is 0 Å². The minimum absolute atomic E-state index is 0.326. The Morgan fingerprint density at radius 2 is 2.38 bits per heavy atom. The standard InChI is InChI=1S/C12H11NO3/c1-2-16-12(15)9-5-10-8(7-14)3-4-11(10)13-6-9/h5-6H,2-4H2,1H3. The van der Waals surface area contributed by atoms with Gasteiger partial charge in [-0.25, -0.2) is 9.59 Å². The number of esters is 1. The number of carbonyl (C=O) groups is 1. The molecule has 0 radical (unpaired) electrons. The second kappa shape index (κ2) is 4.29. The van der Waals surface area contributed by atoms with E-state index in [1.165, 1.54) is 6.20 Å². The van der Waals surface area contributed by atoms with E-state index in [0.717, 1.165) is 17.7 Å². The quantitative estimate of drug-likeness (QED) is 0.555. The molecule has 1 aliphatic carbocycles. The fourth-order valence-electron chi connectivity index (χ4n) is 1.76. The summed E-state index contributed by atoms with van der Waals surface area (Å²) in [6.45, 7) is 2.07. The van der Waals surface area contributed by atoms with E-state index in [2.05, 4.69) is 4.98 Å². The molecule has 0 unspecified atom stereocenters. The fraction of sp³-hybridized carbons (Fsp3) is 0.333. The van der Waals surface area contributed by atoms with Gasteiger partial charge < -0.3 is 4.74 Å². The maximum Gasteiger partial charge on any atom is 0.339 e. The van der Waals surface area contributed by atoms with Gasteiger partial charge in [0.2, 0.25) is 0 Å². The molecule has 0 saturated carbocycles. The molecule has 0 amide bonds. The van der Waals surface area contributed by atoms with Gasteiger partial charge >= 0.3 is 5.97 Å². The highest BCUT2D eigenvalue weighted by molar-refractivity contribution is 5.94. The van der Waals surface area contributed by atoms with Crippen LogP contribution in [0, 0.1) is 0 Å². The summed E-state index contributed by atoms with van der Waals surface area (Å²) in [7, 11) is 0. The molecule has 0 aliphatic heterocycles. The summed E-state index contributed by atoms with van der Waals surface area (Å²) in [4.78, 5) is 26.3. The van der Waals surface area contributed by atoms with Crippen molar-refractivity contribution >= 4 is 17.5 Å². The van der Waals surface area contributed by atoms with Crippen LogP contribution in [0.3, 0.4) is 0 Å². The van der Waals surface area contributed by atoms with Crippen molar-refractivity contribution in [3.05, 3.63) is 29.1 Å². The Kier molecular flexibility index (Phi) is 2.84. The Bertz CT molecular complexity index is 487. The van der Waals surface area contributed by atoms with Crippen LogP contribution in [0.4, 0.5) is 0 Å². The zero-order chi connectivity index (χ0) is 11.5. The molecule has 1 aromatic rings. The van der Waals surface area contributed by atoms with E-state index < -0.39 is 5.97 Å². The summed E-state index contributed by atoms with van der Waals surface area (Å²) in [5.74, 6) is 1.49. The summed E-state index contributed by atoms with van der Waals surface area (Å²) >= 11 is 0. The molecular weight excluding hydrogens is 206 g/mol. The summed E-state index contributed by atoms with van der Waals surface area (Å²) < 4.78 is 4.87. The van der Waals surface area contributed by atoms with Gasteiger partial charge in [0.25, 0.3) is 0 Å². The number of aryl methyl sites for hydroxylation is 1. The number of fused-ring (bicyclic) bond motifs is 1. The Morgan fingerprint density at radius 1 is 1.56 bits per heavy atom. The third kappa shape index (κ3) is 1.75. The number of carbonyl (C=O) groups excluding carboxylic acids is 2. The molecule has 0 atom stereocenters. The molecule has 0 aromatic carbocycles. The van der Waals surface area contributed by atoms with Crippen molar-refractivity contribution in [2.24, 2.45) is 0 Å². The normalized spacial score (nSPS) is 13.2. The molecule has 0 saturated heterocycles. The minimum Gasteiger partial charge on any atom is -0.462 e. The Balaban J connectivity index is 2.39. The largest absolute Gasteiger partial charge is 0.462 e. The molecule has 1 aliphatic rings. The van der Waals surface area contributed by atoms with Gasteiger partial charge in [-0.3, -0.25) is 4.98 Å². The summed E-state index contributed by atoms with van der Waals surface area (Å²) in [5, 5.41) is 0. The van der Waals surface area contributed by atoms with E-state index in [0.29, 0.717) is 24.2 Å². The number of aromatic nitrogens is 1. The predicted molar refractivity (Wildman–Crippen MR) is 57.6 cm³/mol. The molecule has 1 heterocycles. The lowest BCUT2D eigenvalue weighted by Gasteiger charge is -2.03. The van der Waals surface area contributed by atoms with Crippen LogP contribution in [0.15, 0.2) is 12.3 Å². The van der Waals surface area contributed by atoms with Gasteiger partial charge in [-0.2, -0.15) is 0 Å². The number of pyridine rings is 1. The second-order valence-electron chi connectivity index (χ2n) is 3.52. The second-order valence-corrected chi connectivity index (χ2v) is 3.52. The van der Waals surface area contributed by atoms with Crippen LogP contribution in [0.25, 0.3) is 5.57 Å². The number of rotatable bonds is 2. The van der Waals surface area contributed by atoms with E-state index in [-0.39, 0.29) is 0 Å². The number of allylic oxidation sites excluding steroid dienone is 1. The van der Waals surface area contributed by atoms with Crippen molar-refractivity contribution < 1.29 is 14.3 Å². The van der Waals surface area contributed by atoms with Gasteiger partial charge in [0.05, 0.1) is 12.2 Å². The molecule has 0 fully saturated rings. The van der Waals surface area contributed by atoms with Crippen LogP contribution in [0.2, 0.25) is 0 Å². The first kappa shape index (κ1) is 10.6. The van der Waals surface area contributed by atoms with E-state index in [1.807, 2.05) is 5.94 Å². The maximum atomic E-state index is 11.5. The predicted octanol–water partition coefficient (Wildman–Crippen LogP) is 1.42. The number of nitrogens with zero attached hydrogens (tertiary/aromatic N) is 1. The number of hydrogen-bond donors (Lipinski definition) is 0. The molecular formula is C12H11NO3. The highest BCUT2D eigenvalue weighted by Crippen LogP contribution is 2.29. The Morgan fingerprint density at radius 3 is 3.06 bits per heavy atom. The van der Waals surface area contributed by atoms with Gasteiger partial charge in [0, 0.05) is 23.0 Å². The first-order chi connectivity index (χ1) is 7.76. The van der Waals surface area contributed by atoms with Crippen molar-refractivity contribution in [3.63, 3.8) is 0 Å². The third-order valence-electron chi connectivity index (χ3n) is 2.54. The third-order valence-corrected chi connectivity index (χ3v) is 2.54. The van der Waals surface area contributed by atoms with Crippen LogP contribution in [0.1, 0.15) is 35.0 Å². The maximum absolute atomic E-state index is 11.5. The van der Waals surface area contributed by atoms with E-state index in [9.17, 15) is 9.59 Å². The smallest absolute Gasteiger partial charge is 0.339 e. The average molecular weight is 217 g/mol. The minimum atomic E-state index is -0.407. The zero-order valence-corrected chi connectivity index (χ0v) is 8.95. The summed E-state index contributed by atoms with van der Waals surface area (Å²) in [5.41, 5.74) is 2.57. The lowest BCUT2D eigenvalue weighted by atomic mass is 10.1. The van der Waals surface area contributed by atoms with E-state index in [1.54, 1.807) is 13.0 Å². The fourth-order valence-corrected chi connectivity index (χ4v) is 1.76. The molecule has 16 heavy (non-hydrogen) atoms. The molecule has 0 N–H and O–H groups in total. The molecule has 4 heteroatoms. The highest BCUT2D eigenvalue weighted by Gasteiger charge is 2.20. The molecule has 4 nitrogen and oxygen atoms in total. The monoisotopic (exact) mass is 217 g/mol. The Hall–Kier alpha value is -1.93. The van der Waals surface area contributed by atoms with Crippen LogP contribution >= 0.6 is 0 Å². The van der Waals surface area contributed by atoms with Gasteiger partial charge in [-0.15, -0.1) is 0 Å². The van der Waals surface area contributed by atoms with E-state index in [4.69, 9.17) is 4.74 Å². The lowest BCUT2D eigenvalue weighted by molar-refractivity contribution is 0.0526. The number of hydrogen-bond acceptors (Lipinski definition) is 4. The average Bonchev–Trinajstić information content (AvgIpc) is 2.71. The Labute approximate surface area is 92.9 Å². The summed E-state index contributed by atoms with van der Waals surface area (Å²) in [6.07, 6.45) is 2.88. The van der Waals surface area contributed by atoms with Crippen molar-refractivity contribution in [2.75, 3.05) is 6.61 Å². The van der Waals surface area contributed by atoms with Crippen LogP contribution in [-0.2, 0) is 16.0 Å². The van der Waals surface area contributed by atoms with Crippen molar-refractivity contribution in [1.82, 2.24) is 4.98 Å². The molecule has 0 bridgehead atoms. The molecule has 0 spiro atoms. The lowest BCUT2D eigenvalue weighted by Crippen LogP contribution is -2.06. The topological polar surface area (TPSA) is 56.3 Å². The van der Waals surface area contributed by atoms with Crippen LogP contribution in [-0.4, -0.2) is 23.5 Å². The first-order valence-corrected chi connectivity index (χ1v) is 5.16. The molecule has 82 valence electrons. The first-order valence-electron chi connectivity index (χ1n) is 5.16. The number of ether oxygens (including phenoxy) is 1. The highest BCUT2D eigenvalue weighted by atomic mass is 16.5. The SMILES string of the molecule is CCOC(=O)c1cnc2c(c1)C(=C=O)CC2. The van der Waals surface area contributed by atoms with Crippen molar-refractivity contribution in [2.45, 2.75) is 19.8 Å². The van der Waals surface area contributed by atoms with Crippen molar-refractivity contribution in [3.8, 4) is 0 Å². The van der Waals surface area contributed by atoms with Gasteiger partial charge in [-0.1, -0.05) is 0 Å². The summed E-state index contributed by atoms with van der Waals surface area (Å²) in [6, 6.07) is 1.66. The molecule has 1 aromatic heterocycles. The van der Waals surface area contributed by atoms with Crippen molar-refractivity contribution in [1.29, 1.82) is 0 Å². The molecule has 2 rings (SSSR count). The van der Waals surface area contributed by atoms with Gasteiger partial charge in [-0.05, 0) is 25.8 Å². The van der Waals surface area contributed by atoms with Gasteiger partial charge in [0.1, 0.15) is 5.94 Å².